The molecule has 0 saturated carbocycles. The number of ether oxygens (including phenoxy) is 2. The number of rotatable bonds is 4. The van der Waals surface area contributed by atoms with Crippen molar-refractivity contribution in [2.75, 3.05) is 12.3 Å². The van der Waals surface area contributed by atoms with E-state index in [2.05, 4.69) is 0 Å². The Morgan fingerprint density at radius 1 is 0.944 bits per heavy atom. The lowest BCUT2D eigenvalue weighted by atomic mass is 10.2. The van der Waals surface area contributed by atoms with Crippen LogP contribution in [0.1, 0.15) is 12.5 Å². The average molecular weight is 243 g/mol. The van der Waals surface area contributed by atoms with E-state index in [0.29, 0.717) is 6.61 Å². The molecule has 0 aromatic heterocycles. The maximum atomic E-state index is 5.76. The Morgan fingerprint density at radius 3 is 2.17 bits per heavy atom. The van der Waals surface area contributed by atoms with Gasteiger partial charge in [-0.05, 0) is 61.9 Å². The average Bonchev–Trinajstić information content (AvgIpc) is 2.37. The van der Waals surface area contributed by atoms with Gasteiger partial charge in [0.2, 0.25) is 0 Å². The highest BCUT2D eigenvalue weighted by molar-refractivity contribution is 5.50. The number of benzene rings is 2. The minimum atomic E-state index is 0.664. The van der Waals surface area contributed by atoms with E-state index in [4.69, 9.17) is 15.2 Å². The van der Waals surface area contributed by atoms with Crippen LogP contribution in [0.3, 0.4) is 0 Å². The number of aryl methyl sites for hydroxylation is 1. The van der Waals surface area contributed by atoms with Crippen LogP contribution in [-0.2, 0) is 0 Å². The second-order valence-electron chi connectivity index (χ2n) is 4.02. The quantitative estimate of drug-likeness (QED) is 0.831. The van der Waals surface area contributed by atoms with Gasteiger partial charge in [-0.3, -0.25) is 0 Å². The van der Waals surface area contributed by atoms with Crippen molar-refractivity contribution in [1.29, 1.82) is 0 Å². The summed E-state index contributed by atoms with van der Waals surface area (Å²) in [7, 11) is 0. The molecule has 2 aromatic rings. The third-order valence-corrected chi connectivity index (χ3v) is 2.61. The lowest BCUT2D eigenvalue weighted by Crippen LogP contribution is -1.92. The maximum absolute atomic E-state index is 5.76. The third-order valence-electron chi connectivity index (χ3n) is 2.61. The zero-order chi connectivity index (χ0) is 13.0. The van der Waals surface area contributed by atoms with Crippen LogP contribution < -0.4 is 15.2 Å². The van der Waals surface area contributed by atoms with Gasteiger partial charge in [-0.2, -0.15) is 0 Å². The standard InChI is InChI=1S/C15H17NO2/c1-3-17-12-4-6-13(7-5-12)18-14-8-9-15(16)11(2)10-14/h4-10H,3,16H2,1-2H3. The number of hydrogen-bond acceptors (Lipinski definition) is 3. The van der Waals surface area contributed by atoms with Gasteiger partial charge >= 0.3 is 0 Å². The lowest BCUT2D eigenvalue weighted by molar-refractivity contribution is 0.339. The highest BCUT2D eigenvalue weighted by Gasteiger charge is 2.00. The molecule has 3 heteroatoms. The Balaban J connectivity index is 2.10. The molecule has 18 heavy (non-hydrogen) atoms. The zero-order valence-electron chi connectivity index (χ0n) is 10.6. The lowest BCUT2D eigenvalue weighted by Gasteiger charge is -2.08. The summed E-state index contributed by atoms with van der Waals surface area (Å²) < 4.78 is 11.1. The smallest absolute Gasteiger partial charge is 0.127 e. The maximum Gasteiger partial charge on any atom is 0.127 e. The Morgan fingerprint density at radius 2 is 1.56 bits per heavy atom. The Labute approximate surface area is 107 Å². The minimum absolute atomic E-state index is 0.664. The van der Waals surface area contributed by atoms with Gasteiger partial charge < -0.3 is 15.2 Å². The molecule has 0 fully saturated rings. The Hall–Kier alpha value is -2.16. The van der Waals surface area contributed by atoms with E-state index in [0.717, 1.165) is 28.5 Å². The van der Waals surface area contributed by atoms with E-state index in [1.54, 1.807) is 0 Å². The number of nitrogens with two attached hydrogens (primary N) is 1. The van der Waals surface area contributed by atoms with E-state index in [-0.39, 0.29) is 0 Å². The van der Waals surface area contributed by atoms with Crippen LogP contribution in [0.5, 0.6) is 17.2 Å². The number of anilines is 1. The molecular weight excluding hydrogens is 226 g/mol. The summed E-state index contributed by atoms with van der Waals surface area (Å²) in [5, 5.41) is 0. The monoisotopic (exact) mass is 243 g/mol. The summed E-state index contributed by atoms with van der Waals surface area (Å²) in [6, 6.07) is 13.2. The van der Waals surface area contributed by atoms with Gasteiger partial charge in [0, 0.05) is 5.69 Å². The molecule has 0 aliphatic carbocycles. The molecule has 0 heterocycles. The molecule has 94 valence electrons. The molecule has 0 aliphatic rings. The first-order chi connectivity index (χ1) is 8.69. The predicted molar refractivity (Wildman–Crippen MR) is 73.3 cm³/mol. The molecule has 0 aliphatic heterocycles. The normalized spacial score (nSPS) is 10.1. The molecule has 2 N–H and O–H groups in total. The van der Waals surface area contributed by atoms with Crippen molar-refractivity contribution in [2.24, 2.45) is 0 Å². The first-order valence-corrected chi connectivity index (χ1v) is 5.96. The van der Waals surface area contributed by atoms with Crippen LogP contribution in [-0.4, -0.2) is 6.61 Å². The highest BCUT2D eigenvalue weighted by atomic mass is 16.5. The van der Waals surface area contributed by atoms with Gasteiger partial charge in [-0.15, -0.1) is 0 Å². The summed E-state index contributed by atoms with van der Waals surface area (Å²) >= 11 is 0. The summed E-state index contributed by atoms with van der Waals surface area (Å²) in [4.78, 5) is 0. The van der Waals surface area contributed by atoms with Gasteiger partial charge in [0.25, 0.3) is 0 Å². The van der Waals surface area contributed by atoms with Crippen LogP contribution in [0, 0.1) is 6.92 Å². The van der Waals surface area contributed by atoms with E-state index in [1.165, 1.54) is 0 Å². The second-order valence-corrected chi connectivity index (χ2v) is 4.02. The molecule has 0 atom stereocenters. The van der Waals surface area contributed by atoms with Crippen molar-refractivity contribution < 1.29 is 9.47 Å². The van der Waals surface area contributed by atoms with Gasteiger partial charge in [0.1, 0.15) is 17.2 Å². The third kappa shape index (κ3) is 2.94. The van der Waals surface area contributed by atoms with Crippen LogP contribution >= 0.6 is 0 Å². The molecule has 0 unspecified atom stereocenters. The summed E-state index contributed by atoms with van der Waals surface area (Å²) in [6.07, 6.45) is 0. The van der Waals surface area contributed by atoms with Crippen molar-refractivity contribution >= 4 is 5.69 Å². The summed E-state index contributed by atoms with van der Waals surface area (Å²) in [5.41, 5.74) is 7.55. The second kappa shape index (κ2) is 5.45. The fraction of sp³-hybridized carbons (Fsp3) is 0.200. The van der Waals surface area contributed by atoms with E-state index in [1.807, 2.05) is 56.3 Å². The van der Waals surface area contributed by atoms with Crippen molar-refractivity contribution in [1.82, 2.24) is 0 Å². The molecule has 0 amide bonds. The van der Waals surface area contributed by atoms with Crippen molar-refractivity contribution in [3.63, 3.8) is 0 Å². The van der Waals surface area contributed by atoms with E-state index in [9.17, 15) is 0 Å². The number of hydrogen-bond donors (Lipinski definition) is 1. The number of nitrogen functional groups attached to an aromatic ring is 1. The van der Waals surface area contributed by atoms with Crippen LogP contribution in [0.15, 0.2) is 42.5 Å². The van der Waals surface area contributed by atoms with Crippen LogP contribution in [0.25, 0.3) is 0 Å². The topological polar surface area (TPSA) is 44.5 Å². The SMILES string of the molecule is CCOc1ccc(Oc2ccc(N)c(C)c2)cc1. The van der Waals surface area contributed by atoms with Crippen LogP contribution in [0.4, 0.5) is 5.69 Å². The molecular formula is C15H17NO2. The zero-order valence-corrected chi connectivity index (χ0v) is 10.6. The Bertz CT molecular complexity index is 521. The minimum Gasteiger partial charge on any atom is -0.494 e. The highest BCUT2D eigenvalue weighted by Crippen LogP contribution is 2.26. The fourth-order valence-corrected chi connectivity index (χ4v) is 1.62. The molecule has 0 radical (unpaired) electrons. The van der Waals surface area contributed by atoms with Gasteiger partial charge in [0.15, 0.2) is 0 Å². The van der Waals surface area contributed by atoms with Crippen molar-refractivity contribution in [2.45, 2.75) is 13.8 Å². The fourth-order valence-electron chi connectivity index (χ4n) is 1.62. The molecule has 2 aromatic carbocycles. The Kier molecular flexibility index (Phi) is 3.72. The van der Waals surface area contributed by atoms with Crippen molar-refractivity contribution in [3.05, 3.63) is 48.0 Å². The first-order valence-electron chi connectivity index (χ1n) is 5.96. The van der Waals surface area contributed by atoms with Crippen molar-refractivity contribution in [3.8, 4) is 17.2 Å². The van der Waals surface area contributed by atoms with Gasteiger partial charge in [0.05, 0.1) is 6.61 Å². The first kappa shape index (κ1) is 12.3. The molecule has 0 saturated heterocycles. The summed E-state index contributed by atoms with van der Waals surface area (Å²) in [6.45, 7) is 4.58. The summed E-state index contributed by atoms with van der Waals surface area (Å²) in [5.74, 6) is 2.41. The molecule has 3 nitrogen and oxygen atoms in total. The van der Waals surface area contributed by atoms with Crippen LogP contribution in [0.2, 0.25) is 0 Å². The molecule has 2 rings (SSSR count). The predicted octanol–water partition coefficient (Wildman–Crippen LogP) is 3.77. The van der Waals surface area contributed by atoms with Gasteiger partial charge in [-0.25, -0.2) is 0 Å². The van der Waals surface area contributed by atoms with E-state index >= 15 is 0 Å². The van der Waals surface area contributed by atoms with E-state index < -0.39 is 0 Å². The van der Waals surface area contributed by atoms with Gasteiger partial charge in [-0.1, -0.05) is 0 Å². The molecule has 0 bridgehead atoms. The molecule has 0 spiro atoms. The largest absolute Gasteiger partial charge is 0.494 e.